The third-order valence-electron chi connectivity index (χ3n) is 4.86. The monoisotopic (exact) mass is 461 g/mol. The minimum Gasteiger partial charge on any atom is -0.302 e. The van der Waals surface area contributed by atoms with Crippen molar-refractivity contribution in [2.24, 2.45) is 11.1 Å². The van der Waals surface area contributed by atoms with Crippen LogP contribution in [0.3, 0.4) is 0 Å². The molecular weight excluding hydrogens is 434 g/mol. The Hall–Kier alpha value is -2.56. The molecule has 0 saturated heterocycles. The van der Waals surface area contributed by atoms with Crippen molar-refractivity contribution in [2.45, 2.75) is 51.9 Å². The first-order valence-electron chi connectivity index (χ1n) is 9.97. The van der Waals surface area contributed by atoms with Crippen LogP contribution in [0, 0.1) is 19.8 Å². The minimum absolute atomic E-state index is 0.0495. The molecule has 10 heteroatoms. The molecule has 0 bridgehead atoms. The lowest BCUT2D eigenvalue weighted by Crippen LogP contribution is -2.12. The van der Waals surface area contributed by atoms with Crippen LogP contribution in [0.25, 0.3) is 5.69 Å². The summed E-state index contributed by atoms with van der Waals surface area (Å²) in [4.78, 5) is 17.9. The summed E-state index contributed by atoms with van der Waals surface area (Å²) in [6.07, 6.45) is 3.63. The Bertz CT molecular complexity index is 1180. The van der Waals surface area contributed by atoms with Gasteiger partial charge in [0.1, 0.15) is 0 Å². The van der Waals surface area contributed by atoms with E-state index in [2.05, 4.69) is 29.2 Å². The van der Waals surface area contributed by atoms with Gasteiger partial charge in [-0.1, -0.05) is 13.8 Å². The molecule has 0 saturated carbocycles. The van der Waals surface area contributed by atoms with E-state index < -0.39 is 10.0 Å². The average Bonchev–Trinajstić information content (AvgIpc) is 3.22. The smallest absolute Gasteiger partial charge is 0.238 e. The van der Waals surface area contributed by atoms with Crippen molar-refractivity contribution in [3.05, 3.63) is 52.3 Å². The number of aromatic nitrogens is 3. The summed E-state index contributed by atoms with van der Waals surface area (Å²) in [5.41, 5.74) is 3.45. The highest BCUT2D eigenvalue weighted by molar-refractivity contribution is 7.89. The van der Waals surface area contributed by atoms with Gasteiger partial charge in [-0.3, -0.25) is 4.79 Å². The quantitative estimate of drug-likeness (QED) is 0.533. The largest absolute Gasteiger partial charge is 0.302 e. The molecule has 2 aromatic heterocycles. The number of thiazole rings is 1. The maximum Gasteiger partial charge on any atom is 0.238 e. The number of amides is 1. The molecule has 0 unspecified atom stereocenters. The third kappa shape index (κ3) is 5.78. The lowest BCUT2D eigenvalue weighted by molar-refractivity contribution is -0.116. The molecule has 0 atom stereocenters. The van der Waals surface area contributed by atoms with Crippen LogP contribution in [0.2, 0.25) is 0 Å². The van der Waals surface area contributed by atoms with Crippen LogP contribution in [0.15, 0.2) is 35.4 Å². The maximum atomic E-state index is 12.4. The van der Waals surface area contributed by atoms with Crippen LogP contribution < -0.4 is 10.5 Å². The average molecular weight is 462 g/mol. The first-order chi connectivity index (χ1) is 14.5. The number of hydrogen-bond donors (Lipinski definition) is 2. The zero-order chi connectivity index (χ0) is 22.8. The van der Waals surface area contributed by atoms with E-state index in [1.54, 1.807) is 16.8 Å². The fourth-order valence-corrected chi connectivity index (χ4v) is 4.90. The molecule has 2 heterocycles. The van der Waals surface area contributed by atoms with Crippen LogP contribution >= 0.6 is 11.3 Å². The van der Waals surface area contributed by atoms with Gasteiger partial charge in [-0.05, 0) is 62.4 Å². The van der Waals surface area contributed by atoms with Gasteiger partial charge in [0.25, 0.3) is 0 Å². The molecule has 0 aliphatic carbocycles. The molecular formula is C21H27N5O3S2. The van der Waals surface area contributed by atoms with Gasteiger partial charge in [0, 0.05) is 23.2 Å². The minimum atomic E-state index is -3.74. The lowest BCUT2D eigenvalue weighted by Gasteiger charge is -2.07. The molecule has 0 aliphatic rings. The van der Waals surface area contributed by atoms with Crippen molar-refractivity contribution < 1.29 is 13.2 Å². The van der Waals surface area contributed by atoms with Crippen molar-refractivity contribution in [2.75, 3.05) is 5.32 Å². The Morgan fingerprint density at radius 1 is 1.23 bits per heavy atom. The number of benzene rings is 1. The number of anilines is 1. The number of aryl methyl sites for hydroxylation is 1. The Balaban J connectivity index is 1.67. The number of nitrogens with zero attached hydrogens (tertiary/aromatic N) is 3. The molecule has 1 amide bonds. The second-order valence-electron chi connectivity index (χ2n) is 7.88. The highest BCUT2D eigenvalue weighted by Crippen LogP contribution is 2.23. The van der Waals surface area contributed by atoms with E-state index in [9.17, 15) is 13.2 Å². The van der Waals surface area contributed by atoms with E-state index >= 15 is 0 Å². The van der Waals surface area contributed by atoms with E-state index in [1.165, 1.54) is 23.5 Å². The summed E-state index contributed by atoms with van der Waals surface area (Å²) < 4.78 is 24.6. The fraction of sp³-hybridized carbons (Fsp3) is 0.381. The van der Waals surface area contributed by atoms with Gasteiger partial charge in [0.15, 0.2) is 5.13 Å². The van der Waals surface area contributed by atoms with Gasteiger partial charge in [-0.2, -0.15) is 5.10 Å². The summed E-state index contributed by atoms with van der Waals surface area (Å²) in [7, 11) is -3.74. The van der Waals surface area contributed by atoms with Crippen LogP contribution in [-0.4, -0.2) is 29.1 Å². The second kappa shape index (κ2) is 9.29. The molecule has 166 valence electrons. The first-order valence-corrected chi connectivity index (χ1v) is 12.3. The third-order valence-corrected chi connectivity index (χ3v) is 6.73. The van der Waals surface area contributed by atoms with Gasteiger partial charge >= 0.3 is 0 Å². The summed E-state index contributed by atoms with van der Waals surface area (Å²) >= 11 is 1.51. The fourth-order valence-electron chi connectivity index (χ4n) is 3.35. The maximum absolute atomic E-state index is 12.4. The van der Waals surface area contributed by atoms with E-state index in [0.29, 0.717) is 23.9 Å². The lowest BCUT2D eigenvalue weighted by atomic mass is 10.1. The number of nitrogens with one attached hydrogen (secondary N) is 1. The summed E-state index contributed by atoms with van der Waals surface area (Å²) in [5, 5.41) is 13.2. The summed E-state index contributed by atoms with van der Waals surface area (Å²) in [6, 6.07) is 6.23. The van der Waals surface area contributed by atoms with Gasteiger partial charge in [-0.15, -0.1) is 11.3 Å². The molecule has 0 aliphatic heterocycles. The van der Waals surface area contributed by atoms with Crippen LogP contribution in [0.5, 0.6) is 0 Å². The second-order valence-corrected chi connectivity index (χ2v) is 10.6. The highest BCUT2D eigenvalue weighted by Gasteiger charge is 2.16. The van der Waals surface area contributed by atoms with Gasteiger partial charge in [0.05, 0.1) is 16.3 Å². The van der Waals surface area contributed by atoms with Crippen molar-refractivity contribution in [3.8, 4) is 5.69 Å². The predicted molar refractivity (Wildman–Crippen MR) is 122 cm³/mol. The Labute approximate surface area is 186 Å². The van der Waals surface area contributed by atoms with Crippen molar-refractivity contribution in [1.82, 2.24) is 14.8 Å². The normalized spacial score (nSPS) is 11.8. The number of hydrogen-bond acceptors (Lipinski definition) is 6. The van der Waals surface area contributed by atoms with Crippen LogP contribution in [0.4, 0.5) is 5.13 Å². The van der Waals surface area contributed by atoms with Crippen molar-refractivity contribution in [1.29, 1.82) is 0 Å². The number of rotatable bonds is 8. The molecule has 31 heavy (non-hydrogen) atoms. The molecule has 1 aromatic carbocycles. The van der Waals surface area contributed by atoms with Crippen LogP contribution in [-0.2, 0) is 27.7 Å². The number of primary sulfonamides is 1. The molecule has 0 fully saturated rings. The Morgan fingerprint density at radius 2 is 1.90 bits per heavy atom. The van der Waals surface area contributed by atoms with Crippen molar-refractivity contribution >= 4 is 32.4 Å². The number of carbonyl (C=O) groups is 1. The van der Waals surface area contributed by atoms with E-state index in [-0.39, 0.29) is 10.8 Å². The summed E-state index contributed by atoms with van der Waals surface area (Å²) in [5.74, 6) is 0.455. The molecule has 3 aromatic rings. The topological polar surface area (TPSA) is 120 Å². The van der Waals surface area contributed by atoms with E-state index in [4.69, 9.17) is 5.14 Å². The van der Waals surface area contributed by atoms with Gasteiger partial charge in [-0.25, -0.2) is 23.2 Å². The first kappa shape index (κ1) is 23.1. The summed E-state index contributed by atoms with van der Waals surface area (Å²) in [6.45, 7) is 8.13. The molecule has 0 radical (unpaired) electrons. The SMILES string of the molecule is Cc1nn(-c2ccc(S(N)(=O)=O)cc2)c(C)c1CCC(=O)Nc1ncc(CC(C)C)s1. The Morgan fingerprint density at radius 3 is 2.52 bits per heavy atom. The van der Waals surface area contributed by atoms with E-state index in [0.717, 1.165) is 33.9 Å². The predicted octanol–water partition coefficient (Wildman–Crippen LogP) is 3.36. The molecule has 3 rings (SSSR count). The number of sulfonamides is 1. The van der Waals surface area contributed by atoms with Gasteiger partial charge in [0.2, 0.25) is 15.9 Å². The molecule has 8 nitrogen and oxygen atoms in total. The highest BCUT2D eigenvalue weighted by atomic mass is 32.2. The molecule has 0 spiro atoms. The standard InChI is InChI=1S/C21H27N5O3S2/c1-13(2)11-17-12-23-21(30-17)24-20(27)10-9-19-14(3)25-26(15(19)4)16-5-7-18(8-6-16)31(22,28)29/h5-8,12-13H,9-11H2,1-4H3,(H2,22,28,29)(H,23,24,27). The van der Waals surface area contributed by atoms with Crippen LogP contribution in [0.1, 0.15) is 42.1 Å². The number of carbonyl (C=O) groups excluding carboxylic acids is 1. The Kier molecular flexibility index (Phi) is 6.93. The zero-order valence-electron chi connectivity index (χ0n) is 18.0. The number of nitrogens with two attached hydrogens (primary N) is 1. The van der Waals surface area contributed by atoms with Gasteiger partial charge < -0.3 is 5.32 Å². The van der Waals surface area contributed by atoms with Crippen molar-refractivity contribution in [3.63, 3.8) is 0 Å². The zero-order valence-corrected chi connectivity index (χ0v) is 19.7. The molecule has 3 N–H and O–H groups in total. The van der Waals surface area contributed by atoms with E-state index in [1.807, 2.05) is 20.0 Å².